The van der Waals surface area contributed by atoms with Crippen molar-refractivity contribution in [3.8, 4) is 0 Å². The van der Waals surface area contributed by atoms with E-state index in [1.807, 2.05) is 20.8 Å². The summed E-state index contributed by atoms with van der Waals surface area (Å²) < 4.78 is 5.32. The maximum atomic E-state index is 11.5. The minimum absolute atomic E-state index is 0.0397. The first-order chi connectivity index (χ1) is 6.49. The smallest absolute Gasteiger partial charge is 0.222 e. The molecule has 0 aliphatic heterocycles. The zero-order valence-electron chi connectivity index (χ0n) is 9.96. The van der Waals surface area contributed by atoms with E-state index in [9.17, 15) is 4.79 Å². The highest BCUT2D eigenvalue weighted by Crippen LogP contribution is 2.04. The summed E-state index contributed by atoms with van der Waals surface area (Å²) >= 11 is 0. The van der Waals surface area contributed by atoms with Gasteiger partial charge in [0.05, 0.1) is 12.6 Å². The number of carbonyl (C=O) groups is 1. The lowest BCUT2D eigenvalue weighted by Gasteiger charge is -2.23. The van der Waals surface area contributed by atoms with Crippen LogP contribution in [0.5, 0.6) is 0 Å². The SMILES string of the molecule is CCOC[C@H](NC(=O)C(C)C)C(C)C. The van der Waals surface area contributed by atoms with E-state index in [-0.39, 0.29) is 17.9 Å². The highest BCUT2D eigenvalue weighted by Gasteiger charge is 2.17. The third-order valence-corrected chi connectivity index (χ3v) is 2.16. The quantitative estimate of drug-likeness (QED) is 0.712. The van der Waals surface area contributed by atoms with E-state index in [1.165, 1.54) is 0 Å². The van der Waals surface area contributed by atoms with Crippen LogP contribution in [0.1, 0.15) is 34.6 Å². The molecule has 0 fully saturated rings. The highest BCUT2D eigenvalue weighted by molar-refractivity contribution is 5.78. The Kier molecular flexibility index (Phi) is 6.54. The molecular formula is C11H23NO2. The molecule has 0 rings (SSSR count). The first-order valence-corrected chi connectivity index (χ1v) is 5.37. The first kappa shape index (κ1) is 13.4. The minimum Gasteiger partial charge on any atom is -0.380 e. The Morgan fingerprint density at radius 3 is 2.21 bits per heavy atom. The predicted molar refractivity (Wildman–Crippen MR) is 58.1 cm³/mol. The van der Waals surface area contributed by atoms with Gasteiger partial charge in [0.1, 0.15) is 0 Å². The van der Waals surface area contributed by atoms with Gasteiger partial charge in [0.2, 0.25) is 5.91 Å². The number of hydrogen-bond acceptors (Lipinski definition) is 2. The van der Waals surface area contributed by atoms with E-state index >= 15 is 0 Å². The summed E-state index contributed by atoms with van der Waals surface area (Å²) in [7, 11) is 0. The third-order valence-electron chi connectivity index (χ3n) is 2.16. The molecular weight excluding hydrogens is 178 g/mol. The number of nitrogens with one attached hydrogen (secondary N) is 1. The van der Waals surface area contributed by atoms with Crippen LogP contribution in [-0.2, 0) is 9.53 Å². The normalized spacial score (nSPS) is 13.4. The molecule has 0 heterocycles. The van der Waals surface area contributed by atoms with Gasteiger partial charge < -0.3 is 10.1 Å². The van der Waals surface area contributed by atoms with Crippen molar-refractivity contribution in [3.63, 3.8) is 0 Å². The van der Waals surface area contributed by atoms with Crippen LogP contribution in [-0.4, -0.2) is 25.2 Å². The Balaban J connectivity index is 4.02. The van der Waals surface area contributed by atoms with Crippen molar-refractivity contribution in [3.05, 3.63) is 0 Å². The monoisotopic (exact) mass is 201 g/mol. The summed E-state index contributed by atoms with van der Waals surface area (Å²) in [6.07, 6.45) is 0. The molecule has 1 atom stereocenters. The fourth-order valence-corrected chi connectivity index (χ4v) is 0.995. The Labute approximate surface area is 87.2 Å². The Bertz CT molecular complexity index is 167. The molecule has 0 aromatic rings. The summed E-state index contributed by atoms with van der Waals surface area (Å²) in [5.41, 5.74) is 0. The lowest BCUT2D eigenvalue weighted by molar-refractivity contribution is -0.125. The second kappa shape index (κ2) is 6.82. The van der Waals surface area contributed by atoms with Crippen molar-refractivity contribution in [1.82, 2.24) is 5.32 Å². The number of rotatable bonds is 6. The Morgan fingerprint density at radius 1 is 1.29 bits per heavy atom. The van der Waals surface area contributed by atoms with E-state index in [2.05, 4.69) is 19.2 Å². The van der Waals surface area contributed by atoms with Crippen molar-refractivity contribution >= 4 is 5.91 Å². The molecule has 0 aromatic heterocycles. The second-order valence-corrected chi connectivity index (χ2v) is 4.17. The third kappa shape index (κ3) is 5.22. The van der Waals surface area contributed by atoms with Gasteiger partial charge in [-0.15, -0.1) is 0 Å². The number of hydrogen-bond donors (Lipinski definition) is 1. The van der Waals surface area contributed by atoms with E-state index in [4.69, 9.17) is 4.74 Å². The zero-order valence-corrected chi connectivity index (χ0v) is 9.96. The van der Waals surface area contributed by atoms with Gasteiger partial charge in [-0.2, -0.15) is 0 Å². The van der Waals surface area contributed by atoms with Crippen LogP contribution in [0.25, 0.3) is 0 Å². The first-order valence-electron chi connectivity index (χ1n) is 5.37. The molecule has 14 heavy (non-hydrogen) atoms. The van der Waals surface area contributed by atoms with Crippen molar-refractivity contribution in [1.29, 1.82) is 0 Å². The van der Waals surface area contributed by atoms with Gasteiger partial charge in [-0.25, -0.2) is 0 Å². The molecule has 0 saturated heterocycles. The average molecular weight is 201 g/mol. The molecule has 0 aliphatic carbocycles. The molecule has 0 aromatic carbocycles. The maximum absolute atomic E-state index is 11.5. The fourth-order valence-electron chi connectivity index (χ4n) is 0.995. The van der Waals surface area contributed by atoms with Crippen LogP contribution >= 0.6 is 0 Å². The molecule has 1 N–H and O–H groups in total. The van der Waals surface area contributed by atoms with Crippen LogP contribution in [0.4, 0.5) is 0 Å². The van der Waals surface area contributed by atoms with Gasteiger partial charge in [0, 0.05) is 12.5 Å². The van der Waals surface area contributed by atoms with Crippen LogP contribution in [0.15, 0.2) is 0 Å². The van der Waals surface area contributed by atoms with Crippen molar-refractivity contribution in [2.45, 2.75) is 40.7 Å². The zero-order chi connectivity index (χ0) is 11.1. The molecule has 0 spiro atoms. The largest absolute Gasteiger partial charge is 0.380 e. The van der Waals surface area contributed by atoms with Gasteiger partial charge in [-0.3, -0.25) is 4.79 Å². The maximum Gasteiger partial charge on any atom is 0.222 e. The van der Waals surface area contributed by atoms with Crippen LogP contribution in [0, 0.1) is 11.8 Å². The second-order valence-electron chi connectivity index (χ2n) is 4.17. The topological polar surface area (TPSA) is 38.3 Å². The van der Waals surface area contributed by atoms with Crippen LogP contribution in [0.2, 0.25) is 0 Å². The lowest BCUT2D eigenvalue weighted by Crippen LogP contribution is -2.43. The van der Waals surface area contributed by atoms with Gasteiger partial charge in [0.15, 0.2) is 0 Å². The fraction of sp³-hybridized carbons (Fsp3) is 0.909. The summed E-state index contributed by atoms with van der Waals surface area (Å²) in [5, 5.41) is 2.99. The molecule has 0 bridgehead atoms. The number of ether oxygens (including phenoxy) is 1. The molecule has 3 nitrogen and oxygen atoms in total. The van der Waals surface area contributed by atoms with Gasteiger partial charge in [0.25, 0.3) is 0 Å². The summed E-state index contributed by atoms with van der Waals surface area (Å²) in [4.78, 5) is 11.5. The molecule has 84 valence electrons. The number of carbonyl (C=O) groups excluding carboxylic acids is 1. The molecule has 1 amide bonds. The van der Waals surface area contributed by atoms with Crippen molar-refractivity contribution in [2.75, 3.05) is 13.2 Å². The van der Waals surface area contributed by atoms with Gasteiger partial charge in [-0.1, -0.05) is 27.7 Å². The lowest BCUT2D eigenvalue weighted by atomic mass is 10.0. The standard InChI is InChI=1S/C11H23NO2/c1-6-14-7-10(8(2)3)12-11(13)9(4)5/h8-10H,6-7H2,1-5H3,(H,12,13)/t10-/m0/s1. The molecule has 0 unspecified atom stereocenters. The Morgan fingerprint density at radius 2 is 1.86 bits per heavy atom. The summed E-state index contributed by atoms with van der Waals surface area (Å²) in [6, 6.07) is 0.129. The number of amides is 1. The van der Waals surface area contributed by atoms with Crippen molar-refractivity contribution < 1.29 is 9.53 Å². The Hall–Kier alpha value is -0.570. The van der Waals surface area contributed by atoms with E-state index < -0.39 is 0 Å². The minimum atomic E-state index is 0.0397. The van der Waals surface area contributed by atoms with Crippen LogP contribution in [0.3, 0.4) is 0 Å². The van der Waals surface area contributed by atoms with Gasteiger partial charge in [-0.05, 0) is 12.8 Å². The van der Waals surface area contributed by atoms with Gasteiger partial charge >= 0.3 is 0 Å². The molecule has 0 aliphatic rings. The van der Waals surface area contributed by atoms with Crippen LogP contribution < -0.4 is 5.32 Å². The average Bonchev–Trinajstić information content (AvgIpc) is 2.10. The summed E-state index contributed by atoms with van der Waals surface area (Å²) in [5.74, 6) is 0.547. The van der Waals surface area contributed by atoms with E-state index in [0.717, 1.165) is 0 Å². The molecule has 3 heteroatoms. The van der Waals surface area contributed by atoms with E-state index in [0.29, 0.717) is 19.1 Å². The highest BCUT2D eigenvalue weighted by atomic mass is 16.5. The molecule has 0 saturated carbocycles. The van der Waals surface area contributed by atoms with E-state index in [1.54, 1.807) is 0 Å². The molecule has 0 radical (unpaired) electrons. The predicted octanol–water partition coefficient (Wildman–Crippen LogP) is 1.82. The van der Waals surface area contributed by atoms with Crippen molar-refractivity contribution in [2.24, 2.45) is 11.8 Å². The summed E-state index contributed by atoms with van der Waals surface area (Å²) in [6.45, 7) is 11.2.